The minimum atomic E-state index is 0.244. The number of methoxy groups -OCH3 is 1. The van der Waals surface area contributed by atoms with Crippen molar-refractivity contribution in [1.29, 1.82) is 0 Å². The normalized spacial score (nSPS) is 11.9. The summed E-state index contributed by atoms with van der Waals surface area (Å²) in [6.07, 6.45) is 2.60. The van der Waals surface area contributed by atoms with Crippen LogP contribution in [0.5, 0.6) is 5.88 Å². The molecule has 0 saturated carbocycles. The maximum absolute atomic E-state index is 5.15. The van der Waals surface area contributed by atoms with Crippen LogP contribution < -0.4 is 10.1 Å². The molecule has 2 rings (SSSR count). The van der Waals surface area contributed by atoms with Gasteiger partial charge in [0.1, 0.15) is 0 Å². The summed E-state index contributed by atoms with van der Waals surface area (Å²) in [6, 6.07) is 10.6. The summed E-state index contributed by atoms with van der Waals surface area (Å²) in [4.78, 5) is 8.50. The van der Waals surface area contributed by atoms with Crippen molar-refractivity contribution in [3.05, 3.63) is 46.6 Å². The number of nitrogens with one attached hydrogen (secondary N) is 1. The maximum atomic E-state index is 5.15. The number of hydrogen-bond acceptors (Lipinski definition) is 4. The van der Waals surface area contributed by atoms with E-state index in [-0.39, 0.29) is 6.04 Å². The van der Waals surface area contributed by atoms with Gasteiger partial charge in [-0.15, -0.1) is 0 Å². The fourth-order valence-electron chi connectivity index (χ4n) is 1.80. The van der Waals surface area contributed by atoms with Crippen LogP contribution in [0.25, 0.3) is 0 Å². The molecule has 0 amide bonds. The molecule has 5 heteroatoms. The summed E-state index contributed by atoms with van der Waals surface area (Å²) in [5.41, 5.74) is 1.28. The van der Waals surface area contributed by atoms with Crippen molar-refractivity contribution in [2.75, 3.05) is 12.4 Å². The first-order chi connectivity index (χ1) is 9.19. The molecule has 1 heterocycles. The number of rotatable bonds is 5. The summed E-state index contributed by atoms with van der Waals surface area (Å²) in [7, 11) is 1.59. The fraction of sp³-hybridized carbons (Fsp3) is 0.286. The molecule has 100 valence electrons. The average Bonchev–Trinajstić information content (AvgIpc) is 2.42. The van der Waals surface area contributed by atoms with Gasteiger partial charge in [-0.05, 0) is 34.8 Å². The Kier molecular flexibility index (Phi) is 4.74. The van der Waals surface area contributed by atoms with Gasteiger partial charge in [0.15, 0.2) is 0 Å². The Balaban J connectivity index is 2.01. The minimum Gasteiger partial charge on any atom is -0.480 e. The lowest BCUT2D eigenvalue weighted by Crippen LogP contribution is -2.19. The minimum absolute atomic E-state index is 0.244. The van der Waals surface area contributed by atoms with Crippen LogP contribution in [-0.2, 0) is 6.42 Å². The van der Waals surface area contributed by atoms with Crippen LogP contribution in [0, 0.1) is 0 Å². The highest BCUT2D eigenvalue weighted by Crippen LogP contribution is 2.22. The van der Waals surface area contributed by atoms with Crippen LogP contribution in [0.2, 0.25) is 0 Å². The highest BCUT2D eigenvalue weighted by molar-refractivity contribution is 9.10. The first-order valence-electron chi connectivity index (χ1n) is 6.06. The van der Waals surface area contributed by atoms with Crippen molar-refractivity contribution in [1.82, 2.24) is 9.97 Å². The zero-order chi connectivity index (χ0) is 13.7. The lowest BCUT2D eigenvalue weighted by molar-refractivity contribution is 0.394. The van der Waals surface area contributed by atoms with Gasteiger partial charge < -0.3 is 10.1 Å². The molecule has 1 aromatic heterocycles. The van der Waals surface area contributed by atoms with Crippen LogP contribution in [-0.4, -0.2) is 23.1 Å². The van der Waals surface area contributed by atoms with Gasteiger partial charge in [0.25, 0.3) is 0 Å². The lowest BCUT2D eigenvalue weighted by Gasteiger charge is -2.14. The second-order valence-electron chi connectivity index (χ2n) is 4.29. The van der Waals surface area contributed by atoms with E-state index in [1.165, 1.54) is 5.56 Å². The molecule has 19 heavy (non-hydrogen) atoms. The van der Waals surface area contributed by atoms with Crippen molar-refractivity contribution in [2.24, 2.45) is 0 Å². The Bertz CT molecular complexity index is 533. The molecule has 0 aliphatic carbocycles. The third-order valence-electron chi connectivity index (χ3n) is 2.67. The zero-order valence-corrected chi connectivity index (χ0v) is 12.5. The quantitative estimate of drug-likeness (QED) is 0.918. The van der Waals surface area contributed by atoms with E-state index in [2.05, 4.69) is 50.3 Å². The molecule has 0 fully saturated rings. The highest BCUT2D eigenvalue weighted by atomic mass is 79.9. The molecule has 0 aliphatic rings. The van der Waals surface area contributed by atoms with E-state index in [1.807, 2.05) is 18.2 Å². The van der Waals surface area contributed by atoms with Gasteiger partial charge in [0, 0.05) is 6.04 Å². The number of aromatic nitrogens is 2. The lowest BCUT2D eigenvalue weighted by atomic mass is 10.1. The van der Waals surface area contributed by atoms with E-state index < -0.39 is 0 Å². The molecule has 0 radical (unpaired) electrons. The van der Waals surface area contributed by atoms with Gasteiger partial charge in [0.2, 0.25) is 11.8 Å². The summed E-state index contributed by atoms with van der Waals surface area (Å²) < 4.78 is 5.89. The summed E-state index contributed by atoms with van der Waals surface area (Å²) >= 11 is 3.33. The molecule has 4 nitrogen and oxygen atoms in total. The predicted molar refractivity (Wildman–Crippen MR) is 79.5 cm³/mol. The van der Waals surface area contributed by atoms with Gasteiger partial charge in [0.05, 0.1) is 17.8 Å². The number of hydrogen-bond donors (Lipinski definition) is 1. The average molecular weight is 322 g/mol. The van der Waals surface area contributed by atoms with Crippen LogP contribution in [0.4, 0.5) is 5.95 Å². The fourth-order valence-corrected chi connectivity index (χ4v) is 2.16. The molecule has 2 aromatic rings. The molecule has 1 atom stereocenters. The molecule has 0 spiro atoms. The summed E-state index contributed by atoms with van der Waals surface area (Å²) in [5, 5.41) is 3.27. The van der Waals surface area contributed by atoms with E-state index in [0.717, 1.165) is 10.9 Å². The molecule has 1 N–H and O–H groups in total. The third-order valence-corrected chi connectivity index (χ3v) is 3.21. The van der Waals surface area contributed by atoms with Crippen molar-refractivity contribution in [3.8, 4) is 5.88 Å². The van der Waals surface area contributed by atoms with Gasteiger partial charge in [-0.25, -0.2) is 4.98 Å². The Morgan fingerprint density at radius 3 is 2.74 bits per heavy atom. The van der Waals surface area contributed by atoms with Crippen molar-refractivity contribution >= 4 is 21.9 Å². The topological polar surface area (TPSA) is 47.0 Å². The molecule has 1 unspecified atom stereocenters. The predicted octanol–water partition coefficient (Wildman–Crippen LogP) is 3.29. The van der Waals surface area contributed by atoms with E-state index in [9.17, 15) is 0 Å². The Labute approximate surface area is 121 Å². The summed E-state index contributed by atoms with van der Waals surface area (Å²) in [6.45, 7) is 2.10. The van der Waals surface area contributed by atoms with Gasteiger partial charge in [-0.2, -0.15) is 4.98 Å². The van der Waals surface area contributed by atoms with E-state index in [4.69, 9.17) is 4.74 Å². The van der Waals surface area contributed by atoms with E-state index >= 15 is 0 Å². The van der Waals surface area contributed by atoms with Gasteiger partial charge in [-0.3, -0.25) is 0 Å². The van der Waals surface area contributed by atoms with Crippen LogP contribution >= 0.6 is 15.9 Å². The number of benzene rings is 1. The maximum Gasteiger partial charge on any atom is 0.232 e. The Hall–Kier alpha value is -1.62. The first-order valence-corrected chi connectivity index (χ1v) is 6.85. The van der Waals surface area contributed by atoms with Crippen molar-refractivity contribution in [2.45, 2.75) is 19.4 Å². The molecular formula is C14H16BrN3O. The van der Waals surface area contributed by atoms with Crippen molar-refractivity contribution < 1.29 is 4.74 Å². The monoisotopic (exact) mass is 321 g/mol. The number of nitrogens with zero attached hydrogens (tertiary/aromatic N) is 2. The second-order valence-corrected chi connectivity index (χ2v) is 5.14. The smallest absolute Gasteiger partial charge is 0.232 e. The molecular weight excluding hydrogens is 306 g/mol. The van der Waals surface area contributed by atoms with Gasteiger partial charge >= 0.3 is 0 Å². The molecule has 0 bridgehead atoms. The molecule has 0 saturated heterocycles. The van der Waals surface area contributed by atoms with E-state index in [0.29, 0.717) is 11.8 Å². The first kappa shape index (κ1) is 13.8. The standard InChI is InChI=1S/C14H16BrN3O/c1-10(8-11-6-4-3-5-7-11)17-14-16-9-12(15)13(18-14)19-2/h3-7,9-10H,8H2,1-2H3,(H,16,17,18). The SMILES string of the molecule is COc1nc(NC(C)Cc2ccccc2)ncc1Br. The second kappa shape index (κ2) is 6.52. The van der Waals surface area contributed by atoms with Crippen LogP contribution in [0.15, 0.2) is 41.0 Å². The number of halogens is 1. The third kappa shape index (κ3) is 3.92. The highest BCUT2D eigenvalue weighted by Gasteiger charge is 2.08. The number of ether oxygens (including phenoxy) is 1. The van der Waals surface area contributed by atoms with E-state index in [1.54, 1.807) is 13.3 Å². The zero-order valence-electron chi connectivity index (χ0n) is 10.9. The summed E-state index contributed by atoms with van der Waals surface area (Å²) in [5.74, 6) is 1.10. The van der Waals surface area contributed by atoms with Crippen molar-refractivity contribution in [3.63, 3.8) is 0 Å². The molecule has 1 aromatic carbocycles. The van der Waals surface area contributed by atoms with Crippen LogP contribution in [0.1, 0.15) is 12.5 Å². The van der Waals surface area contributed by atoms with Gasteiger partial charge in [-0.1, -0.05) is 30.3 Å². The van der Waals surface area contributed by atoms with Crippen LogP contribution in [0.3, 0.4) is 0 Å². The number of anilines is 1. The Morgan fingerprint density at radius 2 is 2.05 bits per heavy atom. The Morgan fingerprint density at radius 1 is 1.32 bits per heavy atom. The largest absolute Gasteiger partial charge is 0.480 e. The molecule has 0 aliphatic heterocycles.